The lowest BCUT2D eigenvalue weighted by Crippen LogP contribution is -2.10. The molecule has 2 aromatic heterocycles. The number of aromatic nitrogens is 2. The van der Waals surface area contributed by atoms with E-state index in [0.717, 1.165) is 11.4 Å². The van der Waals surface area contributed by atoms with E-state index in [2.05, 4.69) is 21.5 Å². The molecule has 0 spiro atoms. The summed E-state index contributed by atoms with van der Waals surface area (Å²) in [7, 11) is 0. The van der Waals surface area contributed by atoms with Gasteiger partial charge in [0, 0.05) is 10.8 Å². The summed E-state index contributed by atoms with van der Waals surface area (Å²) in [6.45, 7) is 0. The Labute approximate surface area is 123 Å². The molecule has 2 heterocycles. The van der Waals surface area contributed by atoms with Crippen molar-refractivity contribution in [2.45, 2.75) is 56.1 Å². The molecule has 0 radical (unpaired) electrons. The normalized spacial score (nSPS) is 20.4. The molecule has 0 bridgehead atoms. The first-order valence-electron chi connectivity index (χ1n) is 7.70. The van der Waals surface area contributed by atoms with E-state index in [1.54, 1.807) is 12.0 Å². The molecule has 0 aromatic carbocycles. The van der Waals surface area contributed by atoms with Crippen molar-refractivity contribution in [2.24, 2.45) is 0 Å². The van der Waals surface area contributed by atoms with Crippen LogP contribution in [0, 0.1) is 0 Å². The molecule has 4 heteroatoms. The fraction of sp³-hybridized carbons (Fsp3) is 0.562. The van der Waals surface area contributed by atoms with Gasteiger partial charge in [0.05, 0.1) is 23.8 Å². The number of rotatable bonds is 4. The average molecular weight is 288 g/mol. The predicted octanol–water partition coefficient (Wildman–Crippen LogP) is 4.57. The van der Waals surface area contributed by atoms with Crippen molar-refractivity contribution in [3.05, 3.63) is 30.2 Å². The van der Waals surface area contributed by atoms with E-state index >= 15 is 0 Å². The monoisotopic (exact) mass is 288 g/mol. The van der Waals surface area contributed by atoms with Gasteiger partial charge in [-0.2, -0.15) is 0 Å². The zero-order valence-electron chi connectivity index (χ0n) is 11.6. The zero-order chi connectivity index (χ0) is 13.4. The van der Waals surface area contributed by atoms with Gasteiger partial charge in [-0.05, 0) is 37.7 Å². The van der Waals surface area contributed by atoms with Crippen LogP contribution in [0.5, 0.6) is 5.88 Å². The molecule has 0 saturated heterocycles. The average Bonchev–Trinajstić information content (AvgIpc) is 3.23. The van der Waals surface area contributed by atoms with Crippen molar-refractivity contribution in [1.82, 2.24) is 9.38 Å². The second kappa shape index (κ2) is 5.32. The van der Waals surface area contributed by atoms with E-state index in [9.17, 15) is 0 Å². The van der Waals surface area contributed by atoms with Crippen molar-refractivity contribution in [1.29, 1.82) is 0 Å². The van der Waals surface area contributed by atoms with Gasteiger partial charge in [-0.25, -0.2) is 4.98 Å². The molecule has 0 unspecified atom stereocenters. The number of hydrogen-bond acceptors (Lipinski definition) is 3. The van der Waals surface area contributed by atoms with Gasteiger partial charge in [-0.15, -0.1) is 0 Å². The van der Waals surface area contributed by atoms with Crippen LogP contribution in [-0.4, -0.2) is 14.6 Å². The van der Waals surface area contributed by atoms with Crippen LogP contribution in [0.3, 0.4) is 0 Å². The molecule has 3 nitrogen and oxygen atoms in total. The summed E-state index contributed by atoms with van der Waals surface area (Å²) in [5, 5.41) is 0.662. The van der Waals surface area contributed by atoms with Crippen molar-refractivity contribution < 1.29 is 4.18 Å². The Morgan fingerprint density at radius 3 is 2.75 bits per heavy atom. The second-order valence-corrected chi connectivity index (χ2v) is 7.02. The molecular weight excluding hydrogens is 268 g/mol. The lowest BCUT2D eigenvalue weighted by Gasteiger charge is -2.21. The third kappa shape index (κ3) is 2.41. The number of nitrogens with zero attached hydrogens (tertiary/aromatic N) is 2. The highest BCUT2D eigenvalue weighted by molar-refractivity contribution is 7.95. The summed E-state index contributed by atoms with van der Waals surface area (Å²) >= 11 is 1.68. The summed E-state index contributed by atoms with van der Waals surface area (Å²) in [4.78, 5) is 4.25. The maximum Gasteiger partial charge on any atom is 0.217 e. The summed E-state index contributed by atoms with van der Waals surface area (Å²) in [5.41, 5.74) is 2.48. The van der Waals surface area contributed by atoms with E-state index in [1.807, 2.05) is 12.5 Å². The minimum absolute atomic E-state index is 0.662. The highest BCUT2D eigenvalue weighted by atomic mass is 32.2. The van der Waals surface area contributed by atoms with Crippen LogP contribution >= 0.6 is 12.0 Å². The Balaban J connectivity index is 1.59. The van der Waals surface area contributed by atoms with E-state index in [0.29, 0.717) is 11.2 Å². The van der Waals surface area contributed by atoms with Gasteiger partial charge in [-0.1, -0.05) is 25.3 Å². The van der Waals surface area contributed by atoms with Crippen LogP contribution in [0.4, 0.5) is 0 Å². The molecule has 0 amide bonds. The second-order valence-electron chi connectivity index (χ2n) is 6.00. The van der Waals surface area contributed by atoms with Crippen LogP contribution in [-0.2, 0) is 0 Å². The van der Waals surface area contributed by atoms with Crippen molar-refractivity contribution >= 4 is 17.6 Å². The molecule has 0 N–H and O–H groups in total. The van der Waals surface area contributed by atoms with Crippen molar-refractivity contribution in [3.63, 3.8) is 0 Å². The van der Waals surface area contributed by atoms with Crippen LogP contribution in [0.15, 0.2) is 24.7 Å². The smallest absolute Gasteiger partial charge is 0.217 e. The Kier molecular flexibility index (Phi) is 3.34. The minimum atomic E-state index is 0.662. The Hall–Kier alpha value is -1.16. The third-order valence-electron chi connectivity index (χ3n) is 4.40. The van der Waals surface area contributed by atoms with Gasteiger partial charge in [0.1, 0.15) is 6.33 Å². The lowest BCUT2D eigenvalue weighted by molar-refractivity contribution is 0.496. The van der Waals surface area contributed by atoms with Crippen molar-refractivity contribution in [3.8, 4) is 5.88 Å². The lowest BCUT2D eigenvalue weighted by atomic mass is 10.0. The van der Waals surface area contributed by atoms with Crippen LogP contribution in [0.25, 0.3) is 5.52 Å². The first-order valence-corrected chi connectivity index (χ1v) is 8.50. The molecule has 2 saturated carbocycles. The topological polar surface area (TPSA) is 26.5 Å². The Bertz CT molecular complexity index is 600. The first kappa shape index (κ1) is 12.6. The molecule has 20 heavy (non-hydrogen) atoms. The van der Waals surface area contributed by atoms with Gasteiger partial charge in [-0.3, -0.25) is 4.40 Å². The minimum Gasteiger partial charge on any atom is -0.407 e. The molecule has 4 rings (SSSR count). The number of fused-ring (bicyclic) bond motifs is 1. The molecule has 2 aliphatic carbocycles. The molecule has 0 atom stereocenters. The molecule has 2 fully saturated rings. The van der Waals surface area contributed by atoms with E-state index < -0.39 is 0 Å². The maximum absolute atomic E-state index is 6.19. The number of imidazole rings is 1. The standard InChI is InChI=1S/C16H20N2OS/c1-2-4-14(5-3-1)20-19-16-15(12-6-7-12)9-8-13-10-17-11-18(13)16/h8-12,14H,1-7H2. The SMILES string of the molecule is c1cc2cncn2c(OSC2CCCCC2)c1C1CC1. The predicted molar refractivity (Wildman–Crippen MR) is 82.3 cm³/mol. The van der Waals surface area contributed by atoms with Gasteiger partial charge in [0.25, 0.3) is 0 Å². The van der Waals surface area contributed by atoms with Crippen LogP contribution in [0.2, 0.25) is 0 Å². The summed E-state index contributed by atoms with van der Waals surface area (Å²) in [6.07, 6.45) is 13.0. The van der Waals surface area contributed by atoms with Crippen LogP contribution < -0.4 is 4.18 Å². The van der Waals surface area contributed by atoms with Gasteiger partial charge < -0.3 is 4.18 Å². The molecule has 2 aliphatic rings. The quantitative estimate of drug-likeness (QED) is 0.771. The fourth-order valence-corrected chi connectivity index (χ4v) is 3.98. The molecule has 2 aromatic rings. The molecule has 106 valence electrons. The Morgan fingerprint density at radius 2 is 1.95 bits per heavy atom. The highest BCUT2D eigenvalue weighted by Gasteiger charge is 2.29. The van der Waals surface area contributed by atoms with E-state index in [1.165, 1.54) is 50.5 Å². The van der Waals surface area contributed by atoms with Crippen LogP contribution in [0.1, 0.15) is 56.4 Å². The molecular formula is C16H20N2OS. The first-order chi connectivity index (χ1) is 9.92. The summed E-state index contributed by atoms with van der Waals surface area (Å²) in [5.74, 6) is 1.71. The highest BCUT2D eigenvalue weighted by Crippen LogP contribution is 2.45. The third-order valence-corrected chi connectivity index (χ3v) is 5.40. The van der Waals surface area contributed by atoms with E-state index in [-0.39, 0.29) is 0 Å². The van der Waals surface area contributed by atoms with Gasteiger partial charge in [0.2, 0.25) is 5.88 Å². The molecule has 0 aliphatic heterocycles. The fourth-order valence-electron chi connectivity index (χ4n) is 3.05. The number of hydrogen-bond donors (Lipinski definition) is 0. The number of pyridine rings is 1. The Morgan fingerprint density at radius 1 is 1.10 bits per heavy atom. The van der Waals surface area contributed by atoms with E-state index in [4.69, 9.17) is 4.18 Å². The maximum atomic E-state index is 6.19. The zero-order valence-corrected chi connectivity index (χ0v) is 12.4. The largest absolute Gasteiger partial charge is 0.407 e. The summed E-state index contributed by atoms with van der Waals surface area (Å²) in [6, 6.07) is 4.38. The van der Waals surface area contributed by atoms with Gasteiger partial charge in [0.15, 0.2) is 0 Å². The van der Waals surface area contributed by atoms with Crippen molar-refractivity contribution in [2.75, 3.05) is 0 Å². The van der Waals surface area contributed by atoms with Gasteiger partial charge >= 0.3 is 0 Å². The summed E-state index contributed by atoms with van der Waals surface area (Å²) < 4.78 is 8.29.